The molecule has 0 spiro atoms. The second kappa shape index (κ2) is 9.15. The minimum Gasteiger partial charge on any atom is -0.480 e. The number of aliphatic carboxylic acids is 1. The molecule has 9 heteroatoms. The molecule has 1 unspecified atom stereocenters. The molecule has 0 heterocycles. The van der Waals surface area contributed by atoms with Crippen LogP contribution in [0.3, 0.4) is 0 Å². The number of benzene rings is 2. The van der Waals surface area contributed by atoms with Crippen molar-refractivity contribution in [1.29, 1.82) is 0 Å². The molecule has 0 fully saturated rings. The van der Waals surface area contributed by atoms with Gasteiger partial charge in [-0.2, -0.15) is 0 Å². The van der Waals surface area contributed by atoms with E-state index in [1.807, 2.05) is 24.3 Å². The zero-order chi connectivity index (χ0) is 21.0. The summed E-state index contributed by atoms with van der Waals surface area (Å²) < 4.78 is 0. The summed E-state index contributed by atoms with van der Waals surface area (Å²) >= 11 is 12.0. The summed E-state index contributed by atoms with van der Waals surface area (Å²) in [6.07, 6.45) is 1.64. The molecule has 2 aromatic carbocycles. The van der Waals surface area contributed by atoms with Gasteiger partial charge in [-0.1, -0.05) is 53.5 Å². The molecule has 2 atom stereocenters. The number of fused-ring (bicyclic) bond motifs is 1. The van der Waals surface area contributed by atoms with Crippen LogP contribution in [0.25, 0.3) is 0 Å². The van der Waals surface area contributed by atoms with E-state index in [0.717, 1.165) is 18.4 Å². The number of nitrogens with one attached hydrogen (secondary N) is 3. The highest BCUT2D eigenvalue weighted by atomic mass is 35.5. The summed E-state index contributed by atoms with van der Waals surface area (Å²) in [5.74, 6) is -2.03. The molecule has 3 amide bonds. The van der Waals surface area contributed by atoms with Crippen molar-refractivity contribution < 1.29 is 19.5 Å². The second-order valence-electron chi connectivity index (χ2n) is 6.61. The molecule has 29 heavy (non-hydrogen) atoms. The summed E-state index contributed by atoms with van der Waals surface area (Å²) in [7, 11) is 0. The van der Waals surface area contributed by atoms with Crippen molar-refractivity contribution in [2.24, 2.45) is 0 Å². The Bertz CT molecular complexity index is 931. The lowest BCUT2D eigenvalue weighted by Crippen LogP contribution is -2.50. The highest BCUT2D eigenvalue weighted by Gasteiger charge is 2.26. The average Bonchev–Trinajstić information content (AvgIpc) is 3.07. The van der Waals surface area contributed by atoms with Crippen LogP contribution >= 0.6 is 23.2 Å². The molecule has 3 rings (SSSR count). The smallest absolute Gasteiger partial charge is 0.328 e. The van der Waals surface area contributed by atoms with E-state index >= 15 is 0 Å². The Kier molecular flexibility index (Phi) is 6.61. The first kappa shape index (κ1) is 21.0. The van der Waals surface area contributed by atoms with Crippen LogP contribution in [-0.4, -0.2) is 35.6 Å². The Hall–Kier alpha value is -2.77. The molecule has 0 saturated heterocycles. The van der Waals surface area contributed by atoms with Crippen LogP contribution in [0.15, 0.2) is 42.5 Å². The van der Waals surface area contributed by atoms with E-state index in [-0.39, 0.29) is 28.2 Å². The summed E-state index contributed by atoms with van der Waals surface area (Å²) in [5, 5.41) is 17.2. The van der Waals surface area contributed by atoms with Crippen molar-refractivity contribution in [3.63, 3.8) is 0 Å². The molecule has 0 aliphatic heterocycles. The zero-order valence-electron chi connectivity index (χ0n) is 15.2. The maximum atomic E-state index is 12.4. The number of rotatable bonds is 6. The number of carbonyl (C=O) groups is 3. The predicted molar refractivity (Wildman–Crippen MR) is 109 cm³/mol. The van der Waals surface area contributed by atoms with Gasteiger partial charge in [0.1, 0.15) is 6.04 Å². The summed E-state index contributed by atoms with van der Waals surface area (Å²) in [6.45, 7) is -0.302. The molecule has 4 N–H and O–H groups in total. The highest BCUT2D eigenvalue weighted by molar-refractivity contribution is 6.39. The first-order valence-corrected chi connectivity index (χ1v) is 9.72. The maximum absolute atomic E-state index is 12.4. The van der Waals surface area contributed by atoms with E-state index in [0.29, 0.717) is 0 Å². The Morgan fingerprint density at radius 1 is 1.07 bits per heavy atom. The van der Waals surface area contributed by atoms with Crippen LogP contribution in [0, 0.1) is 0 Å². The zero-order valence-corrected chi connectivity index (χ0v) is 16.8. The van der Waals surface area contributed by atoms with Crippen molar-refractivity contribution in [1.82, 2.24) is 16.0 Å². The Labute approximate surface area is 177 Å². The fourth-order valence-corrected chi connectivity index (χ4v) is 3.83. The molecule has 0 saturated carbocycles. The largest absolute Gasteiger partial charge is 0.480 e. The van der Waals surface area contributed by atoms with Gasteiger partial charge in [0.2, 0.25) is 0 Å². The quantitative estimate of drug-likeness (QED) is 0.558. The topological polar surface area (TPSA) is 108 Å². The molecule has 152 valence electrons. The summed E-state index contributed by atoms with van der Waals surface area (Å²) in [4.78, 5) is 36.1. The molecular formula is C20H19Cl2N3O4. The van der Waals surface area contributed by atoms with Crippen molar-refractivity contribution in [2.45, 2.75) is 24.9 Å². The first-order chi connectivity index (χ1) is 13.9. The van der Waals surface area contributed by atoms with Crippen LogP contribution in [-0.2, 0) is 11.2 Å². The lowest BCUT2D eigenvalue weighted by Gasteiger charge is -2.18. The number of amides is 3. The number of urea groups is 1. The van der Waals surface area contributed by atoms with Gasteiger partial charge in [-0.25, -0.2) is 9.59 Å². The maximum Gasteiger partial charge on any atom is 0.328 e. The lowest BCUT2D eigenvalue weighted by atomic mass is 10.1. The molecule has 1 aliphatic rings. The predicted octanol–water partition coefficient (Wildman–Crippen LogP) is 3.16. The average molecular weight is 436 g/mol. The molecule has 0 bridgehead atoms. The molecule has 2 aromatic rings. The van der Waals surface area contributed by atoms with Gasteiger partial charge in [0.15, 0.2) is 0 Å². The number of carboxylic acids is 1. The fourth-order valence-electron chi connectivity index (χ4n) is 3.26. The van der Waals surface area contributed by atoms with Crippen LogP contribution < -0.4 is 16.0 Å². The number of aryl methyl sites for hydroxylation is 1. The number of carbonyl (C=O) groups excluding carboxylic acids is 2. The van der Waals surface area contributed by atoms with Gasteiger partial charge in [-0.05, 0) is 36.1 Å². The van der Waals surface area contributed by atoms with Crippen LogP contribution in [0.5, 0.6) is 0 Å². The minimum atomic E-state index is -1.35. The SMILES string of the molecule is O=C(NCC(NC(=O)c1c(Cl)cccc1Cl)C(=O)O)N[C@H]1CCc2ccccc21. The van der Waals surface area contributed by atoms with Gasteiger partial charge in [0.25, 0.3) is 5.91 Å². The third-order valence-electron chi connectivity index (χ3n) is 4.70. The van der Waals surface area contributed by atoms with E-state index in [1.165, 1.54) is 17.7 Å². The third kappa shape index (κ3) is 4.99. The van der Waals surface area contributed by atoms with E-state index in [9.17, 15) is 19.5 Å². The van der Waals surface area contributed by atoms with Crippen LogP contribution in [0.2, 0.25) is 10.0 Å². The number of halogens is 2. The molecule has 1 aliphatic carbocycles. The van der Waals surface area contributed by atoms with Crippen LogP contribution in [0.4, 0.5) is 4.79 Å². The van der Waals surface area contributed by atoms with Gasteiger partial charge in [-0.15, -0.1) is 0 Å². The summed E-state index contributed by atoms with van der Waals surface area (Å²) in [6, 6.07) is 10.4. The highest BCUT2D eigenvalue weighted by Crippen LogP contribution is 2.30. The molecule has 0 radical (unpaired) electrons. The van der Waals surface area contributed by atoms with E-state index in [4.69, 9.17) is 23.2 Å². The molecule has 0 aromatic heterocycles. The van der Waals surface area contributed by atoms with Crippen molar-refractivity contribution in [2.75, 3.05) is 6.54 Å². The molecular weight excluding hydrogens is 417 g/mol. The van der Waals surface area contributed by atoms with E-state index < -0.39 is 23.9 Å². The van der Waals surface area contributed by atoms with Crippen LogP contribution in [0.1, 0.15) is 33.9 Å². The van der Waals surface area contributed by atoms with Gasteiger partial charge >= 0.3 is 12.0 Å². The van der Waals surface area contributed by atoms with E-state index in [1.54, 1.807) is 6.07 Å². The number of carboxylic acid groups (broad SMARTS) is 1. The van der Waals surface area contributed by atoms with Crippen molar-refractivity contribution in [3.05, 3.63) is 69.2 Å². The minimum absolute atomic E-state index is 0.0194. The van der Waals surface area contributed by atoms with Gasteiger partial charge < -0.3 is 21.1 Å². The summed E-state index contributed by atoms with van der Waals surface area (Å²) in [5.41, 5.74) is 2.22. The van der Waals surface area contributed by atoms with Gasteiger partial charge in [0, 0.05) is 0 Å². The number of hydrogen-bond acceptors (Lipinski definition) is 3. The first-order valence-electron chi connectivity index (χ1n) is 8.96. The Morgan fingerprint density at radius 3 is 2.45 bits per heavy atom. The fraction of sp³-hybridized carbons (Fsp3) is 0.250. The number of hydrogen-bond donors (Lipinski definition) is 4. The Balaban J connectivity index is 1.58. The Morgan fingerprint density at radius 2 is 1.76 bits per heavy atom. The second-order valence-corrected chi connectivity index (χ2v) is 7.42. The monoisotopic (exact) mass is 435 g/mol. The van der Waals surface area contributed by atoms with Crippen molar-refractivity contribution >= 4 is 41.1 Å². The van der Waals surface area contributed by atoms with E-state index in [2.05, 4.69) is 16.0 Å². The third-order valence-corrected chi connectivity index (χ3v) is 5.33. The van der Waals surface area contributed by atoms with Crippen molar-refractivity contribution in [3.8, 4) is 0 Å². The normalized spacial score (nSPS) is 15.9. The van der Waals surface area contributed by atoms with Gasteiger partial charge in [0.05, 0.1) is 28.2 Å². The van der Waals surface area contributed by atoms with Gasteiger partial charge in [-0.3, -0.25) is 4.79 Å². The lowest BCUT2D eigenvalue weighted by molar-refractivity contribution is -0.139. The molecule has 7 nitrogen and oxygen atoms in total. The standard InChI is InChI=1S/C20H19Cl2N3O4/c21-13-6-3-7-14(22)17(13)18(26)24-16(19(27)28)10-23-20(29)25-15-9-8-11-4-1-2-5-12(11)15/h1-7,15-16H,8-10H2,(H,24,26)(H,27,28)(H2,23,25,29)/t15-,16?/m0/s1.